The highest BCUT2D eigenvalue weighted by molar-refractivity contribution is 7.91. The predicted molar refractivity (Wildman–Crippen MR) is 80.6 cm³/mol. The van der Waals surface area contributed by atoms with Gasteiger partial charge in [-0.2, -0.15) is 4.31 Å². The SMILES string of the molecule is CN(C)C1CCN(S(=O)(=O)c2ccc(CCO)s2)CC1. The second-order valence-electron chi connectivity index (χ2n) is 5.29. The molecule has 0 unspecified atom stereocenters. The van der Waals surface area contributed by atoms with Gasteiger partial charge in [0.2, 0.25) is 0 Å². The van der Waals surface area contributed by atoms with E-state index in [1.54, 1.807) is 16.4 Å². The van der Waals surface area contributed by atoms with Crippen LogP contribution in [0.15, 0.2) is 16.3 Å². The molecule has 0 aliphatic carbocycles. The van der Waals surface area contributed by atoms with Crippen LogP contribution in [0.3, 0.4) is 0 Å². The average molecular weight is 318 g/mol. The smallest absolute Gasteiger partial charge is 0.252 e. The fraction of sp³-hybridized carbons (Fsp3) is 0.692. The fourth-order valence-electron chi connectivity index (χ4n) is 2.47. The summed E-state index contributed by atoms with van der Waals surface area (Å²) in [6.07, 6.45) is 2.27. The first-order valence-corrected chi connectivity index (χ1v) is 9.07. The number of aliphatic hydroxyl groups is 1. The average Bonchev–Trinajstić information content (AvgIpc) is 2.88. The third-order valence-corrected chi connectivity index (χ3v) is 7.25. The highest BCUT2D eigenvalue weighted by Gasteiger charge is 2.30. The lowest BCUT2D eigenvalue weighted by molar-refractivity contribution is 0.197. The molecule has 2 heterocycles. The van der Waals surface area contributed by atoms with Crippen molar-refractivity contribution >= 4 is 21.4 Å². The van der Waals surface area contributed by atoms with E-state index >= 15 is 0 Å². The van der Waals surface area contributed by atoms with Crippen LogP contribution in [0.25, 0.3) is 0 Å². The van der Waals surface area contributed by atoms with E-state index in [0.717, 1.165) is 17.7 Å². The van der Waals surface area contributed by atoms with Crippen LogP contribution >= 0.6 is 11.3 Å². The molecule has 7 heteroatoms. The Morgan fingerprint density at radius 1 is 1.35 bits per heavy atom. The van der Waals surface area contributed by atoms with Crippen molar-refractivity contribution in [1.82, 2.24) is 9.21 Å². The topological polar surface area (TPSA) is 60.9 Å². The number of hydrogen-bond acceptors (Lipinski definition) is 5. The van der Waals surface area contributed by atoms with E-state index in [4.69, 9.17) is 5.11 Å². The molecular formula is C13H22N2O3S2. The molecule has 1 aliphatic heterocycles. The third kappa shape index (κ3) is 3.40. The summed E-state index contributed by atoms with van der Waals surface area (Å²) in [5.74, 6) is 0. The molecule has 0 spiro atoms. The second-order valence-corrected chi connectivity index (χ2v) is 8.63. The first-order chi connectivity index (χ1) is 9.45. The Morgan fingerprint density at radius 2 is 2.00 bits per heavy atom. The highest BCUT2D eigenvalue weighted by atomic mass is 32.2. The van der Waals surface area contributed by atoms with Crippen molar-refractivity contribution < 1.29 is 13.5 Å². The summed E-state index contributed by atoms with van der Waals surface area (Å²) in [6, 6.07) is 3.92. The number of piperidine rings is 1. The van der Waals surface area contributed by atoms with Gasteiger partial charge >= 0.3 is 0 Å². The lowest BCUT2D eigenvalue weighted by atomic mass is 10.1. The fourth-order valence-corrected chi connectivity index (χ4v) is 5.44. The molecule has 0 bridgehead atoms. The molecule has 20 heavy (non-hydrogen) atoms. The summed E-state index contributed by atoms with van der Waals surface area (Å²) in [4.78, 5) is 3.07. The zero-order chi connectivity index (χ0) is 14.8. The lowest BCUT2D eigenvalue weighted by Gasteiger charge is -2.34. The first-order valence-electron chi connectivity index (χ1n) is 6.81. The van der Waals surface area contributed by atoms with Crippen molar-refractivity contribution in [1.29, 1.82) is 0 Å². The number of aliphatic hydroxyl groups excluding tert-OH is 1. The van der Waals surface area contributed by atoms with Gasteiger partial charge in [-0.1, -0.05) is 0 Å². The van der Waals surface area contributed by atoms with Crippen LogP contribution in [0.2, 0.25) is 0 Å². The molecule has 0 aromatic carbocycles. The Morgan fingerprint density at radius 3 is 2.55 bits per heavy atom. The molecule has 1 fully saturated rings. The predicted octanol–water partition coefficient (Wildman–Crippen LogP) is 0.998. The normalized spacial score (nSPS) is 18.8. The van der Waals surface area contributed by atoms with Crippen LogP contribution in [-0.4, -0.2) is 62.6 Å². The van der Waals surface area contributed by atoms with E-state index in [1.807, 2.05) is 14.1 Å². The minimum absolute atomic E-state index is 0.0498. The van der Waals surface area contributed by atoms with Crippen LogP contribution in [-0.2, 0) is 16.4 Å². The van der Waals surface area contributed by atoms with E-state index in [2.05, 4.69) is 4.90 Å². The molecular weight excluding hydrogens is 296 g/mol. The van der Waals surface area contributed by atoms with E-state index in [-0.39, 0.29) is 6.61 Å². The number of sulfonamides is 1. The first kappa shape index (κ1) is 15.9. The van der Waals surface area contributed by atoms with Crippen LogP contribution in [0, 0.1) is 0 Å². The summed E-state index contributed by atoms with van der Waals surface area (Å²) in [6.45, 7) is 1.21. The molecule has 0 saturated carbocycles. The molecule has 2 rings (SSSR count). The summed E-state index contributed by atoms with van der Waals surface area (Å²) in [7, 11) is 0.717. The Bertz CT molecular complexity index is 532. The minimum Gasteiger partial charge on any atom is -0.396 e. The van der Waals surface area contributed by atoms with Gasteiger partial charge in [-0.15, -0.1) is 11.3 Å². The van der Waals surface area contributed by atoms with Crippen LogP contribution in [0.5, 0.6) is 0 Å². The Hall–Kier alpha value is -0.470. The van der Waals surface area contributed by atoms with Crippen molar-refractivity contribution in [2.24, 2.45) is 0 Å². The molecule has 1 aromatic heterocycles. The van der Waals surface area contributed by atoms with Crippen LogP contribution < -0.4 is 0 Å². The lowest BCUT2D eigenvalue weighted by Crippen LogP contribution is -2.44. The molecule has 114 valence electrons. The number of thiophene rings is 1. The molecule has 5 nitrogen and oxygen atoms in total. The minimum atomic E-state index is -3.36. The standard InChI is InChI=1S/C13H22N2O3S2/c1-14(2)11-5-8-15(9-6-11)20(17,18)13-4-3-12(19-13)7-10-16/h3-4,11,16H,5-10H2,1-2H3. The summed E-state index contributed by atoms with van der Waals surface area (Å²) in [5.41, 5.74) is 0. The van der Waals surface area contributed by atoms with Gasteiger partial charge in [0, 0.05) is 37.0 Å². The summed E-state index contributed by atoms with van der Waals surface area (Å²) >= 11 is 1.27. The zero-order valence-electron chi connectivity index (χ0n) is 11.9. The van der Waals surface area contributed by atoms with E-state index in [9.17, 15) is 8.42 Å². The van der Waals surface area contributed by atoms with Gasteiger partial charge in [0.05, 0.1) is 0 Å². The Labute approximate surface area is 124 Å². The van der Waals surface area contributed by atoms with Crippen molar-refractivity contribution in [2.75, 3.05) is 33.8 Å². The maximum Gasteiger partial charge on any atom is 0.252 e. The summed E-state index contributed by atoms with van der Waals surface area (Å²) in [5, 5.41) is 8.90. The van der Waals surface area contributed by atoms with Gasteiger partial charge in [0.15, 0.2) is 0 Å². The molecule has 1 aliphatic rings. The molecule has 0 atom stereocenters. The van der Waals surface area contributed by atoms with Gasteiger partial charge in [0.25, 0.3) is 10.0 Å². The van der Waals surface area contributed by atoms with Gasteiger partial charge in [-0.3, -0.25) is 0 Å². The quantitative estimate of drug-likeness (QED) is 0.880. The van der Waals surface area contributed by atoms with Crippen molar-refractivity contribution in [3.8, 4) is 0 Å². The monoisotopic (exact) mass is 318 g/mol. The molecule has 1 N–H and O–H groups in total. The van der Waals surface area contributed by atoms with Crippen molar-refractivity contribution in [3.63, 3.8) is 0 Å². The Balaban J connectivity index is 2.07. The second kappa shape index (κ2) is 6.53. The van der Waals surface area contributed by atoms with Gasteiger partial charge in [-0.25, -0.2) is 8.42 Å². The van der Waals surface area contributed by atoms with Crippen LogP contribution in [0.4, 0.5) is 0 Å². The number of hydrogen-bond donors (Lipinski definition) is 1. The van der Waals surface area contributed by atoms with Crippen LogP contribution in [0.1, 0.15) is 17.7 Å². The highest BCUT2D eigenvalue weighted by Crippen LogP contribution is 2.27. The van der Waals surface area contributed by atoms with Crippen molar-refractivity contribution in [2.45, 2.75) is 29.5 Å². The maximum atomic E-state index is 12.5. The van der Waals surface area contributed by atoms with E-state index in [1.165, 1.54) is 11.3 Å². The largest absolute Gasteiger partial charge is 0.396 e. The number of nitrogens with zero attached hydrogens (tertiary/aromatic N) is 2. The van der Waals surface area contributed by atoms with Crippen molar-refractivity contribution in [3.05, 3.63) is 17.0 Å². The molecule has 1 saturated heterocycles. The third-order valence-electron chi connectivity index (χ3n) is 3.74. The van der Waals surface area contributed by atoms with Gasteiger partial charge in [0.1, 0.15) is 4.21 Å². The summed E-state index contributed by atoms with van der Waals surface area (Å²) < 4.78 is 27.1. The van der Waals surface area contributed by atoms with Gasteiger partial charge in [-0.05, 0) is 39.1 Å². The number of rotatable bonds is 5. The van der Waals surface area contributed by atoms with Gasteiger partial charge < -0.3 is 10.0 Å². The molecule has 1 aromatic rings. The Kier molecular flexibility index (Phi) is 5.19. The molecule has 0 radical (unpaired) electrons. The maximum absolute atomic E-state index is 12.5. The van der Waals surface area contributed by atoms with E-state index in [0.29, 0.717) is 29.8 Å². The van der Waals surface area contributed by atoms with E-state index < -0.39 is 10.0 Å². The zero-order valence-corrected chi connectivity index (χ0v) is 13.6. The molecule has 0 amide bonds.